The number of likely N-dealkylation sites (tertiary alicyclic amines) is 2. The molecule has 6 amide bonds. The van der Waals surface area contributed by atoms with E-state index in [0.717, 1.165) is 85.0 Å². The van der Waals surface area contributed by atoms with Crippen LogP contribution in [-0.2, 0) is 9.59 Å². The van der Waals surface area contributed by atoms with Crippen molar-refractivity contribution >= 4 is 23.9 Å². The summed E-state index contributed by atoms with van der Waals surface area (Å²) in [6.45, 7) is 0.230. The first-order chi connectivity index (χ1) is 34.1. The SMILES string of the molecule is O=C(NC1CCCC1)N[C@@H](C(=O)N1C[C@H](O)C[C@H]1c1ncc(-c2ccc(-c3ccc(-c4cnc([C@@H]5C[C@@H](O)CN5C(=O)[C@H](NC(=O)NC5CCCC5)c5ccccc5)[nH]4)cc3)cc2)[nH]1)c1ccccc1. The highest BCUT2D eigenvalue weighted by atomic mass is 16.3. The normalized spacial score (nSPS) is 21.4. The largest absolute Gasteiger partial charge is 0.391 e. The second-order valence-electron chi connectivity index (χ2n) is 19.2. The quantitative estimate of drug-likeness (QED) is 0.0583. The number of nitrogens with one attached hydrogen (secondary N) is 6. The Labute approximate surface area is 406 Å². The summed E-state index contributed by atoms with van der Waals surface area (Å²) in [5.41, 5.74) is 6.64. The van der Waals surface area contributed by atoms with Crippen molar-refractivity contribution in [3.63, 3.8) is 0 Å². The number of nitrogens with zero attached hydrogens (tertiary/aromatic N) is 4. The van der Waals surface area contributed by atoms with Gasteiger partial charge in [0.05, 0.1) is 48.1 Å². The van der Waals surface area contributed by atoms with Gasteiger partial charge in [-0.3, -0.25) is 9.59 Å². The molecule has 0 radical (unpaired) electrons. The van der Waals surface area contributed by atoms with Gasteiger partial charge in [0, 0.05) is 38.0 Å². The maximum atomic E-state index is 14.3. The lowest BCUT2D eigenvalue weighted by Gasteiger charge is -2.29. The highest BCUT2D eigenvalue weighted by Gasteiger charge is 2.42. The van der Waals surface area contributed by atoms with Crippen molar-refractivity contribution in [3.8, 4) is 33.6 Å². The predicted octanol–water partition coefficient (Wildman–Crippen LogP) is 7.37. The second-order valence-corrected chi connectivity index (χ2v) is 19.2. The molecule has 16 heteroatoms. The number of imidazole rings is 2. The molecule has 2 aliphatic carbocycles. The van der Waals surface area contributed by atoms with Gasteiger partial charge >= 0.3 is 12.1 Å². The molecule has 4 aliphatic rings. The van der Waals surface area contributed by atoms with Gasteiger partial charge in [0.1, 0.15) is 23.7 Å². The van der Waals surface area contributed by atoms with Gasteiger partial charge in [-0.15, -0.1) is 0 Å². The second kappa shape index (κ2) is 20.7. The number of aliphatic hydroxyl groups excluding tert-OH is 2. The van der Waals surface area contributed by atoms with E-state index in [9.17, 15) is 29.4 Å². The number of carbonyl (C=O) groups excluding carboxylic acids is 4. The van der Waals surface area contributed by atoms with Crippen LogP contribution in [0.4, 0.5) is 9.59 Å². The lowest BCUT2D eigenvalue weighted by atomic mass is 10.0. The highest BCUT2D eigenvalue weighted by molar-refractivity contribution is 5.90. The molecule has 0 bridgehead atoms. The van der Waals surface area contributed by atoms with E-state index in [-0.39, 0.29) is 49.0 Å². The molecule has 2 saturated carbocycles. The van der Waals surface area contributed by atoms with Crippen LogP contribution in [-0.4, -0.2) is 101 Å². The first-order valence-corrected chi connectivity index (χ1v) is 24.7. The fraction of sp³-hybridized carbons (Fsp3) is 0.370. The van der Waals surface area contributed by atoms with E-state index in [4.69, 9.17) is 9.97 Å². The Bertz CT molecular complexity index is 2560. The molecular weight excluding hydrogens is 885 g/mol. The number of carbonyl (C=O) groups is 4. The lowest BCUT2D eigenvalue weighted by molar-refractivity contribution is -0.135. The van der Waals surface area contributed by atoms with Crippen molar-refractivity contribution in [2.45, 2.75) is 113 Å². The third-order valence-electron chi connectivity index (χ3n) is 14.4. The number of aromatic nitrogens is 4. The fourth-order valence-electron chi connectivity index (χ4n) is 10.7. The zero-order valence-corrected chi connectivity index (χ0v) is 39.0. The number of hydrogen-bond donors (Lipinski definition) is 8. The number of H-pyrrole nitrogens is 2. The van der Waals surface area contributed by atoms with Crippen LogP contribution in [0, 0.1) is 0 Å². The minimum atomic E-state index is -0.941. The van der Waals surface area contributed by atoms with Crippen LogP contribution in [0.5, 0.6) is 0 Å². The molecule has 2 aromatic heterocycles. The average Bonchev–Trinajstić information content (AvgIpc) is 4.26. The van der Waals surface area contributed by atoms with Gasteiger partial charge in [0.2, 0.25) is 0 Å². The van der Waals surface area contributed by atoms with E-state index < -0.39 is 36.4 Å². The zero-order valence-electron chi connectivity index (χ0n) is 39.0. The molecule has 16 nitrogen and oxygen atoms in total. The third-order valence-corrected chi connectivity index (χ3v) is 14.4. The van der Waals surface area contributed by atoms with E-state index >= 15 is 0 Å². The van der Waals surface area contributed by atoms with Crippen molar-refractivity contribution in [3.05, 3.63) is 144 Å². The minimum absolute atomic E-state index is 0.0897. The lowest BCUT2D eigenvalue weighted by Crippen LogP contribution is -2.48. The number of aliphatic hydroxyl groups is 2. The van der Waals surface area contributed by atoms with E-state index in [0.29, 0.717) is 35.6 Å². The molecule has 4 fully saturated rings. The van der Waals surface area contributed by atoms with Crippen LogP contribution in [0.15, 0.2) is 122 Å². The minimum Gasteiger partial charge on any atom is -0.391 e. The maximum Gasteiger partial charge on any atom is 0.315 e. The van der Waals surface area contributed by atoms with Crippen LogP contribution < -0.4 is 21.3 Å². The molecule has 0 spiro atoms. The molecule has 4 aromatic carbocycles. The summed E-state index contributed by atoms with van der Waals surface area (Å²) in [5, 5.41) is 33.7. The Morgan fingerprint density at radius 2 is 0.871 bits per heavy atom. The first kappa shape index (κ1) is 46.4. The molecule has 6 aromatic rings. The molecule has 8 N–H and O–H groups in total. The topological polar surface area (TPSA) is 221 Å². The molecule has 2 aliphatic heterocycles. The smallest absolute Gasteiger partial charge is 0.315 e. The van der Waals surface area contributed by atoms with Crippen molar-refractivity contribution in [1.82, 2.24) is 51.0 Å². The van der Waals surface area contributed by atoms with Gasteiger partial charge in [0.15, 0.2) is 0 Å². The molecule has 4 heterocycles. The van der Waals surface area contributed by atoms with Gasteiger partial charge in [-0.1, -0.05) is 135 Å². The molecular formula is C54H60N10O6. The Morgan fingerprint density at radius 3 is 1.24 bits per heavy atom. The van der Waals surface area contributed by atoms with Gasteiger partial charge < -0.3 is 51.2 Å². The van der Waals surface area contributed by atoms with Crippen LogP contribution in [0.3, 0.4) is 0 Å². The summed E-state index contributed by atoms with van der Waals surface area (Å²) in [6.07, 6.45) is 10.5. The summed E-state index contributed by atoms with van der Waals surface area (Å²) in [7, 11) is 0. The molecule has 70 heavy (non-hydrogen) atoms. The van der Waals surface area contributed by atoms with Gasteiger partial charge in [-0.2, -0.15) is 0 Å². The van der Waals surface area contributed by atoms with Crippen molar-refractivity contribution in [2.75, 3.05) is 13.1 Å². The Hall–Kier alpha value is -7.30. The van der Waals surface area contributed by atoms with Gasteiger partial charge in [-0.25, -0.2) is 19.6 Å². The number of urea groups is 2. The number of rotatable bonds is 13. The standard InChI is InChI=1S/C54H60N10O6/c65-41-27-45(63(31-41)51(67)47(37-11-3-1-4-12-37)61-53(69)57-39-15-7-8-16-39)49-55-29-43(59-49)35-23-19-33(20-24-35)34-21-25-36(26-22-34)44-30-56-50(60-44)46-28-42(66)32-64(46)52(68)48(38-13-5-2-6-14-38)62-54(70)58-40-17-9-10-18-40/h1-6,11-14,19-26,29-30,39-42,45-48,65-66H,7-10,15-18,27-28,31-32H2,(H,55,59)(H,56,60)(H2,57,61,69)(H2,58,62,70)/t41-,42-,45+,46+,47-,48-/m1/s1. The number of aromatic amines is 2. The van der Waals surface area contributed by atoms with Gasteiger partial charge in [-0.05, 0) is 59.1 Å². The van der Waals surface area contributed by atoms with Crippen LogP contribution >= 0.6 is 0 Å². The number of hydrogen-bond acceptors (Lipinski definition) is 8. The Kier molecular flexibility index (Phi) is 13.8. The van der Waals surface area contributed by atoms with Gasteiger partial charge in [0.25, 0.3) is 11.8 Å². The average molecular weight is 945 g/mol. The van der Waals surface area contributed by atoms with Crippen LogP contribution in [0.2, 0.25) is 0 Å². The van der Waals surface area contributed by atoms with Crippen molar-refractivity contribution in [1.29, 1.82) is 0 Å². The number of amides is 6. The Morgan fingerprint density at radius 1 is 0.514 bits per heavy atom. The molecule has 6 atom stereocenters. The zero-order chi connectivity index (χ0) is 48.1. The van der Waals surface area contributed by atoms with Crippen LogP contribution in [0.1, 0.15) is 111 Å². The Balaban J connectivity index is 0.797. The van der Waals surface area contributed by atoms with E-state index in [2.05, 4.69) is 31.2 Å². The van der Waals surface area contributed by atoms with Crippen LogP contribution in [0.25, 0.3) is 33.6 Å². The number of benzene rings is 4. The molecule has 362 valence electrons. The van der Waals surface area contributed by atoms with E-state index in [1.54, 1.807) is 22.2 Å². The van der Waals surface area contributed by atoms with Crippen molar-refractivity contribution < 1.29 is 29.4 Å². The molecule has 10 rings (SSSR count). The summed E-state index contributed by atoms with van der Waals surface area (Å²) >= 11 is 0. The fourth-order valence-corrected chi connectivity index (χ4v) is 10.7. The third kappa shape index (κ3) is 10.3. The summed E-state index contributed by atoms with van der Waals surface area (Å²) in [6, 6.07) is 31.0. The predicted molar refractivity (Wildman–Crippen MR) is 263 cm³/mol. The van der Waals surface area contributed by atoms with E-state index in [1.165, 1.54) is 0 Å². The van der Waals surface area contributed by atoms with Crippen molar-refractivity contribution in [2.24, 2.45) is 0 Å². The number of β-amino-alcohol motifs (C(OH)–C–C–N with tert-alkyl or cyclic N) is 2. The first-order valence-electron chi connectivity index (χ1n) is 24.7. The summed E-state index contributed by atoms with van der Waals surface area (Å²) in [5.74, 6) is 0.481. The van der Waals surface area contributed by atoms with E-state index in [1.807, 2.05) is 109 Å². The molecule has 0 unspecified atom stereocenters. The molecule has 2 saturated heterocycles. The monoisotopic (exact) mass is 944 g/mol. The maximum absolute atomic E-state index is 14.3. The highest BCUT2D eigenvalue weighted by Crippen LogP contribution is 2.37. The summed E-state index contributed by atoms with van der Waals surface area (Å²) in [4.78, 5) is 74.4. The summed E-state index contributed by atoms with van der Waals surface area (Å²) < 4.78 is 0.